The average molecular weight is 582 g/mol. The number of aliphatic hydroxyl groups is 1. The lowest BCUT2D eigenvalue weighted by Gasteiger charge is -2.36. The first-order valence-corrected chi connectivity index (χ1v) is 14.1. The van der Waals surface area contributed by atoms with E-state index in [4.69, 9.17) is 24.1 Å². The van der Waals surface area contributed by atoms with Crippen LogP contribution in [0.25, 0.3) is 5.69 Å². The number of aromatic nitrogens is 2. The Balaban J connectivity index is 1.71. The van der Waals surface area contributed by atoms with E-state index in [1.165, 1.54) is 6.07 Å². The molecule has 3 aromatic rings. The maximum absolute atomic E-state index is 14.0. The van der Waals surface area contributed by atoms with Crippen molar-refractivity contribution in [3.8, 4) is 11.4 Å². The summed E-state index contributed by atoms with van der Waals surface area (Å²) in [6.07, 6.45) is 1.30. The molecular weight excluding hydrogens is 542 g/mol. The molecule has 11 heteroatoms. The summed E-state index contributed by atoms with van der Waals surface area (Å²) in [5.41, 5.74) is 2.02. The number of benzene rings is 2. The van der Waals surface area contributed by atoms with E-state index in [0.29, 0.717) is 38.4 Å². The van der Waals surface area contributed by atoms with E-state index in [2.05, 4.69) is 5.32 Å². The van der Waals surface area contributed by atoms with E-state index in [9.17, 15) is 14.7 Å². The number of aromatic hydroxyl groups is 1. The third-order valence-corrected chi connectivity index (χ3v) is 7.23. The van der Waals surface area contributed by atoms with Crippen LogP contribution in [0.5, 0.6) is 5.75 Å². The average Bonchev–Trinajstić information content (AvgIpc) is 3.21. The number of nitrogens with zero attached hydrogens (tertiary/aromatic N) is 2. The number of phenols is 1. The van der Waals surface area contributed by atoms with Crippen molar-refractivity contribution in [1.29, 1.82) is 0 Å². The number of allylic oxidation sites excluding steroid dienone is 1. The molecule has 2 aromatic carbocycles. The smallest absolute Gasteiger partial charge is 0.290 e. The molecule has 0 aliphatic carbocycles. The zero-order chi connectivity index (χ0) is 30.1. The molecule has 0 unspecified atom stereocenters. The molecule has 0 fully saturated rings. The van der Waals surface area contributed by atoms with Crippen molar-refractivity contribution in [2.75, 3.05) is 45.0 Å². The zero-order valence-electron chi connectivity index (χ0n) is 24.2. The van der Waals surface area contributed by atoms with Crippen LogP contribution in [0.1, 0.15) is 30.5 Å². The SMILES string of the molecule is CCO[C@H]1OC(C(=O)Nc2ccccc2O)=C[C@@H](c2c(C)n(C)n(-c3ccccc3)c2=O)[C@@H]1CCOCCOCCO. The normalized spacial score (nSPS) is 18.4. The van der Waals surface area contributed by atoms with Gasteiger partial charge in [-0.05, 0) is 50.6 Å². The fraction of sp³-hybridized carbons (Fsp3) is 0.419. The summed E-state index contributed by atoms with van der Waals surface area (Å²) in [5, 5.41) is 21.8. The highest BCUT2D eigenvalue weighted by atomic mass is 16.7. The Bertz CT molecular complexity index is 1420. The lowest BCUT2D eigenvalue weighted by Crippen LogP contribution is -2.39. The molecule has 1 aliphatic rings. The molecular formula is C31H39N3O8. The molecule has 0 bridgehead atoms. The van der Waals surface area contributed by atoms with Gasteiger partial charge in [0.25, 0.3) is 11.5 Å². The maximum atomic E-state index is 14.0. The van der Waals surface area contributed by atoms with E-state index in [1.54, 1.807) is 33.6 Å². The van der Waals surface area contributed by atoms with Gasteiger partial charge in [-0.15, -0.1) is 0 Å². The van der Waals surface area contributed by atoms with Crippen LogP contribution in [-0.2, 0) is 30.8 Å². The molecule has 1 amide bonds. The van der Waals surface area contributed by atoms with Gasteiger partial charge in [0, 0.05) is 43.4 Å². The van der Waals surface area contributed by atoms with Gasteiger partial charge in [0.15, 0.2) is 5.76 Å². The summed E-state index contributed by atoms with van der Waals surface area (Å²) < 4.78 is 26.6. The Hall–Kier alpha value is -3.90. The first-order valence-electron chi connectivity index (χ1n) is 14.1. The van der Waals surface area contributed by atoms with Gasteiger partial charge in [-0.1, -0.05) is 30.3 Å². The number of para-hydroxylation sites is 3. The minimum atomic E-state index is -0.839. The monoisotopic (exact) mass is 581 g/mol. The lowest BCUT2D eigenvalue weighted by molar-refractivity contribution is -0.166. The minimum absolute atomic E-state index is 0.00908. The predicted octanol–water partition coefficient (Wildman–Crippen LogP) is 3.22. The summed E-state index contributed by atoms with van der Waals surface area (Å²) in [7, 11) is 1.83. The van der Waals surface area contributed by atoms with E-state index < -0.39 is 18.1 Å². The predicted molar refractivity (Wildman–Crippen MR) is 157 cm³/mol. The van der Waals surface area contributed by atoms with Crippen molar-refractivity contribution >= 4 is 11.6 Å². The Morgan fingerprint density at radius 1 is 1.02 bits per heavy atom. The number of anilines is 1. The van der Waals surface area contributed by atoms with Gasteiger partial charge in [-0.25, -0.2) is 4.68 Å². The third-order valence-electron chi connectivity index (χ3n) is 7.23. The zero-order valence-corrected chi connectivity index (χ0v) is 24.2. The number of rotatable bonds is 14. The van der Waals surface area contributed by atoms with Crippen LogP contribution in [0.2, 0.25) is 0 Å². The Labute approximate surface area is 244 Å². The second-order valence-electron chi connectivity index (χ2n) is 9.85. The van der Waals surface area contributed by atoms with Crippen LogP contribution in [0.4, 0.5) is 5.69 Å². The van der Waals surface area contributed by atoms with Crippen LogP contribution in [0, 0.1) is 12.8 Å². The topological polar surface area (TPSA) is 133 Å². The number of phenolic OH excluding ortho intramolecular Hbond substituents is 1. The number of hydrogen-bond acceptors (Lipinski definition) is 8. The van der Waals surface area contributed by atoms with Crippen molar-refractivity contribution in [2.45, 2.75) is 32.5 Å². The first-order chi connectivity index (χ1) is 20.4. The van der Waals surface area contributed by atoms with Gasteiger partial charge in [0.05, 0.1) is 37.8 Å². The number of ether oxygens (including phenoxy) is 4. The van der Waals surface area contributed by atoms with E-state index >= 15 is 0 Å². The highest BCUT2D eigenvalue weighted by Crippen LogP contribution is 2.39. The number of nitrogens with one attached hydrogen (secondary N) is 1. The van der Waals surface area contributed by atoms with Gasteiger partial charge in [-0.2, -0.15) is 0 Å². The molecule has 4 rings (SSSR count). The largest absolute Gasteiger partial charge is 0.506 e. The Morgan fingerprint density at radius 2 is 1.71 bits per heavy atom. The summed E-state index contributed by atoms with van der Waals surface area (Å²) in [6.45, 7) is 5.24. The van der Waals surface area contributed by atoms with Crippen molar-refractivity contribution in [3.05, 3.63) is 88.0 Å². The van der Waals surface area contributed by atoms with Crippen molar-refractivity contribution in [1.82, 2.24) is 9.36 Å². The van der Waals surface area contributed by atoms with Crippen molar-refractivity contribution in [3.63, 3.8) is 0 Å². The summed E-state index contributed by atoms with van der Waals surface area (Å²) in [5.74, 6) is -1.56. The molecule has 226 valence electrons. The highest BCUT2D eigenvalue weighted by Gasteiger charge is 2.41. The molecule has 3 atom stereocenters. The molecule has 0 radical (unpaired) electrons. The number of carbonyl (C=O) groups is 1. The molecule has 1 aliphatic heterocycles. The fourth-order valence-corrected chi connectivity index (χ4v) is 5.11. The van der Waals surface area contributed by atoms with Crippen LogP contribution in [0.15, 0.2) is 71.2 Å². The lowest BCUT2D eigenvalue weighted by atomic mass is 9.81. The van der Waals surface area contributed by atoms with E-state index in [0.717, 1.165) is 11.4 Å². The molecule has 1 aromatic heterocycles. The summed E-state index contributed by atoms with van der Waals surface area (Å²) in [6, 6.07) is 15.8. The van der Waals surface area contributed by atoms with Gasteiger partial charge in [-0.3, -0.25) is 14.3 Å². The number of aliphatic hydroxyl groups excluding tert-OH is 1. The van der Waals surface area contributed by atoms with Crippen molar-refractivity contribution in [2.24, 2.45) is 13.0 Å². The van der Waals surface area contributed by atoms with Crippen LogP contribution < -0.4 is 10.9 Å². The Kier molecular flexibility index (Phi) is 11.0. The molecule has 3 N–H and O–H groups in total. The van der Waals surface area contributed by atoms with Gasteiger partial charge in [0.1, 0.15) is 5.75 Å². The number of amides is 1. The van der Waals surface area contributed by atoms with Crippen LogP contribution in [0.3, 0.4) is 0 Å². The quantitative estimate of drug-likeness (QED) is 0.195. The summed E-state index contributed by atoms with van der Waals surface area (Å²) in [4.78, 5) is 27.4. The van der Waals surface area contributed by atoms with Crippen molar-refractivity contribution < 1.29 is 34.0 Å². The standard InChI is InChI=1S/C31H39N3O8/c1-4-41-31-23(14-16-39-18-19-40-17-15-35)24(20-27(42-31)29(37)32-25-12-8-9-13-26(25)36)28-21(2)33(3)34(30(28)38)22-10-6-5-7-11-22/h5-13,20,23-24,31,35-36H,4,14-19H2,1-3H3,(H,32,37)/t23-,24+,31-/m0/s1. The molecule has 42 heavy (non-hydrogen) atoms. The number of carbonyl (C=O) groups excluding carboxylic acids is 1. The molecule has 0 spiro atoms. The second-order valence-corrected chi connectivity index (χ2v) is 9.85. The third kappa shape index (κ3) is 7.11. The van der Waals surface area contributed by atoms with Crippen LogP contribution in [-0.4, -0.2) is 71.4 Å². The molecule has 0 saturated carbocycles. The first kappa shape index (κ1) is 31.0. The van der Waals surface area contributed by atoms with E-state index in [1.807, 2.05) is 51.2 Å². The van der Waals surface area contributed by atoms with Gasteiger partial charge < -0.3 is 34.5 Å². The number of hydrogen-bond donors (Lipinski definition) is 3. The fourth-order valence-electron chi connectivity index (χ4n) is 5.11. The van der Waals surface area contributed by atoms with Gasteiger partial charge in [0.2, 0.25) is 6.29 Å². The molecule has 0 saturated heterocycles. The van der Waals surface area contributed by atoms with Crippen LogP contribution >= 0.6 is 0 Å². The molecule has 2 heterocycles. The maximum Gasteiger partial charge on any atom is 0.290 e. The molecule has 11 nitrogen and oxygen atoms in total. The van der Waals surface area contributed by atoms with Gasteiger partial charge >= 0.3 is 0 Å². The Morgan fingerprint density at radius 3 is 2.40 bits per heavy atom. The summed E-state index contributed by atoms with van der Waals surface area (Å²) >= 11 is 0. The second kappa shape index (κ2) is 14.8. The minimum Gasteiger partial charge on any atom is -0.506 e. The van der Waals surface area contributed by atoms with E-state index in [-0.39, 0.29) is 41.9 Å². The highest BCUT2D eigenvalue weighted by molar-refractivity contribution is 6.03.